The maximum atomic E-state index is 10.8. The lowest BCUT2D eigenvalue weighted by Gasteiger charge is -2.10. The lowest BCUT2D eigenvalue weighted by atomic mass is 9.94. The van der Waals surface area contributed by atoms with Gasteiger partial charge in [0.2, 0.25) is 0 Å². The highest BCUT2D eigenvalue weighted by molar-refractivity contribution is 6.10. The van der Waals surface area contributed by atoms with E-state index in [1.807, 2.05) is 43.3 Å². The van der Waals surface area contributed by atoms with Crippen molar-refractivity contribution in [1.29, 1.82) is 5.26 Å². The molecule has 0 radical (unpaired) electrons. The van der Waals surface area contributed by atoms with Crippen LogP contribution in [0, 0.1) is 11.3 Å². The van der Waals surface area contributed by atoms with Gasteiger partial charge in [0.1, 0.15) is 11.8 Å². The zero-order valence-electron chi connectivity index (χ0n) is 11.8. The molecule has 2 rings (SSSR count). The molecule has 1 aliphatic rings. The van der Waals surface area contributed by atoms with Crippen LogP contribution in [0.2, 0.25) is 0 Å². The van der Waals surface area contributed by atoms with Crippen molar-refractivity contribution in [3.05, 3.63) is 65.3 Å². The summed E-state index contributed by atoms with van der Waals surface area (Å²) in [5, 5.41) is 13.2. The molecule has 0 amide bonds. The Bertz CT molecular complexity index is 717. The topological polar surface area (TPSA) is 62.4 Å². The number of hydrogen-bond donors (Lipinski definition) is 0. The van der Waals surface area contributed by atoms with Crippen molar-refractivity contribution in [2.75, 3.05) is 0 Å². The van der Waals surface area contributed by atoms with E-state index in [2.05, 4.69) is 16.1 Å². The molecular weight excluding hydrogens is 264 g/mol. The zero-order chi connectivity index (χ0) is 15.2. The van der Waals surface area contributed by atoms with E-state index in [1.165, 1.54) is 6.92 Å². The predicted octanol–water partition coefficient (Wildman–Crippen LogP) is 3.40. The third kappa shape index (κ3) is 3.54. The van der Waals surface area contributed by atoms with Gasteiger partial charge in [-0.2, -0.15) is 5.26 Å². The molecule has 104 valence electrons. The van der Waals surface area contributed by atoms with Gasteiger partial charge in [0.15, 0.2) is 0 Å². The molecule has 0 aromatic heterocycles. The number of hydrogen-bond acceptors (Lipinski definition) is 4. The van der Waals surface area contributed by atoms with Crippen molar-refractivity contribution in [2.45, 2.75) is 13.8 Å². The largest absolute Gasteiger partial charge is 0.332 e. The molecule has 1 aromatic carbocycles. The minimum Gasteiger partial charge on any atom is -0.318 e. The molecule has 0 saturated carbocycles. The molecule has 4 nitrogen and oxygen atoms in total. The number of nitrogens with zero attached hydrogens (tertiary/aromatic N) is 2. The van der Waals surface area contributed by atoms with E-state index in [1.54, 1.807) is 12.2 Å². The SMILES string of the molecule is CC(=O)O/N=C1/C=CC(=C(C#N)c2ccccc2)C=C1C. The van der Waals surface area contributed by atoms with Gasteiger partial charge in [0.25, 0.3) is 0 Å². The first kappa shape index (κ1) is 14.5. The minimum atomic E-state index is -0.466. The van der Waals surface area contributed by atoms with Crippen LogP contribution in [0.1, 0.15) is 19.4 Å². The van der Waals surface area contributed by atoms with E-state index in [0.717, 1.165) is 16.7 Å². The second kappa shape index (κ2) is 6.49. The molecule has 0 fully saturated rings. The lowest BCUT2D eigenvalue weighted by molar-refractivity contribution is -0.140. The Kier molecular flexibility index (Phi) is 4.47. The van der Waals surface area contributed by atoms with Crippen LogP contribution in [0.25, 0.3) is 5.57 Å². The van der Waals surface area contributed by atoms with Gasteiger partial charge in [0.05, 0.1) is 5.57 Å². The third-order valence-electron chi connectivity index (χ3n) is 2.93. The molecule has 0 N–H and O–H groups in total. The smallest absolute Gasteiger partial charge is 0.318 e. The summed E-state index contributed by atoms with van der Waals surface area (Å²) in [5.41, 5.74) is 3.67. The number of carbonyl (C=O) groups excluding carboxylic acids is 1. The molecule has 4 heteroatoms. The quantitative estimate of drug-likeness (QED) is 0.473. The van der Waals surface area contributed by atoms with E-state index in [4.69, 9.17) is 0 Å². The van der Waals surface area contributed by atoms with Gasteiger partial charge < -0.3 is 4.84 Å². The molecule has 0 spiro atoms. The van der Waals surface area contributed by atoms with Crippen LogP contribution in [0.4, 0.5) is 0 Å². The van der Waals surface area contributed by atoms with Crippen molar-refractivity contribution < 1.29 is 9.63 Å². The van der Waals surface area contributed by atoms with E-state index < -0.39 is 5.97 Å². The highest BCUT2D eigenvalue weighted by Crippen LogP contribution is 2.24. The van der Waals surface area contributed by atoms with Crippen LogP contribution in [-0.2, 0) is 9.63 Å². The molecule has 1 aromatic rings. The summed E-state index contributed by atoms with van der Waals surface area (Å²) in [5.74, 6) is -0.466. The van der Waals surface area contributed by atoms with Crippen molar-refractivity contribution >= 4 is 17.3 Å². The molecule has 1 aliphatic carbocycles. The minimum absolute atomic E-state index is 0.466. The second-order valence-corrected chi connectivity index (χ2v) is 4.53. The summed E-state index contributed by atoms with van der Waals surface area (Å²) >= 11 is 0. The Hall–Kier alpha value is -2.93. The maximum absolute atomic E-state index is 10.8. The molecule has 0 bridgehead atoms. The predicted molar refractivity (Wildman–Crippen MR) is 81.1 cm³/mol. The first-order valence-electron chi connectivity index (χ1n) is 6.44. The van der Waals surface area contributed by atoms with E-state index >= 15 is 0 Å². The van der Waals surface area contributed by atoms with Crippen LogP contribution in [0.15, 0.2) is 64.9 Å². The number of oxime groups is 1. The molecule has 0 heterocycles. The molecular formula is C17H14N2O2. The fourth-order valence-electron chi connectivity index (χ4n) is 1.93. The van der Waals surface area contributed by atoms with E-state index in [0.29, 0.717) is 11.3 Å². The lowest BCUT2D eigenvalue weighted by Crippen LogP contribution is -2.04. The van der Waals surface area contributed by atoms with Crippen molar-refractivity contribution in [1.82, 2.24) is 0 Å². The standard InChI is InChI=1S/C17H14N2O2/c1-12-10-15(8-9-17(12)19-21-13(2)20)16(11-18)14-6-4-3-5-7-14/h3-10H,1-2H3/b16-15?,19-17-. The molecule has 0 aliphatic heterocycles. The fourth-order valence-corrected chi connectivity index (χ4v) is 1.93. The number of allylic oxidation sites excluding steroid dienone is 6. The van der Waals surface area contributed by atoms with Crippen LogP contribution >= 0.6 is 0 Å². The van der Waals surface area contributed by atoms with E-state index in [-0.39, 0.29) is 0 Å². The van der Waals surface area contributed by atoms with Gasteiger partial charge >= 0.3 is 5.97 Å². The van der Waals surface area contributed by atoms with Gasteiger partial charge in [-0.3, -0.25) is 0 Å². The maximum Gasteiger partial charge on any atom is 0.332 e. The first-order chi connectivity index (χ1) is 10.1. The van der Waals surface area contributed by atoms with Crippen LogP contribution < -0.4 is 0 Å². The molecule has 0 saturated heterocycles. The van der Waals surface area contributed by atoms with Crippen molar-refractivity contribution in [3.8, 4) is 6.07 Å². The summed E-state index contributed by atoms with van der Waals surface area (Å²) in [6.45, 7) is 3.15. The Morgan fingerprint density at radius 2 is 1.95 bits per heavy atom. The Morgan fingerprint density at radius 1 is 1.24 bits per heavy atom. The van der Waals surface area contributed by atoms with Gasteiger partial charge in [-0.25, -0.2) is 4.79 Å². The molecule has 21 heavy (non-hydrogen) atoms. The second-order valence-electron chi connectivity index (χ2n) is 4.53. The van der Waals surface area contributed by atoms with Crippen molar-refractivity contribution in [3.63, 3.8) is 0 Å². The molecule has 0 atom stereocenters. The Balaban J connectivity index is 2.38. The Labute approximate surface area is 123 Å². The van der Waals surface area contributed by atoms with Gasteiger partial charge in [0, 0.05) is 6.92 Å². The monoisotopic (exact) mass is 278 g/mol. The third-order valence-corrected chi connectivity index (χ3v) is 2.93. The average Bonchev–Trinajstić information content (AvgIpc) is 2.48. The number of benzene rings is 1. The summed E-state index contributed by atoms with van der Waals surface area (Å²) in [4.78, 5) is 15.4. The van der Waals surface area contributed by atoms with Gasteiger partial charge in [-0.15, -0.1) is 0 Å². The van der Waals surface area contributed by atoms with Crippen LogP contribution in [0.5, 0.6) is 0 Å². The number of nitriles is 1. The summed E-state index contributed by atoms with van der Waals surface area (Å²) in [7, 11) is 0. The summed E-state index contributed by atoms with van der Waals surface area (Å²) < 4.78 is 0. The fraction of sp³-hybridized carbons (Fsp3) is 0.118. The van der Waals surface area contributed by atoms with Gasteiger partial charge in [-0.05, 0) is 35.8 Å². The highest BCUT2D eigenvalue weighted by atomic mass is 16.7. The summed E-state index contributed by atoms with van der Waals surface area (Å²) in [6, 6.07) is 11.7. The number of rotatable bonds is 2. The summed E-state index contributed by atoms with van der Waals surface area (Å²) in [6.07, 6.45) is 5.38. The number of carbonyl (C=O) groups is 1. The average molecular weight is 278 g/mol. The van der Waals surface area contributed by atoms with Crippen LogP contribution in [0.3, 0.4) is 0 Å². The van der Waals surface area contributed by atoms with E-state index in [9.17, 15) is 10.1 Å². The van der Waals surface area contributed by atoms with Crippen molar-refractivity contribution in [2.24, 2.45) is 5.16 Å². The molecule has 0 unspecified atom stereocenters. The highest BCUT2D eigenvalue weighted by Gasteiger charge is 2.11. The first-order valence-corrected chi connectivity index (χ1v) is 6.44. The van der Waals surface area contributed by atoms with Crippen LogP contribution in [-0.4, -0.2) is 11.7 Å². The Morgan fingerprint density at radius 3 is 2.52 bits per heavy atom. The van der Waals surface area contributed by atoms with Gasteiger partial charge in [-0.1, -0.05) is 41.6 Å². The zero-order valence-corrected chi connectivity index (χ0v) is 11.8. The normalized spacial score (nSPS) is 18.0.